The van der Waals surface area contributed by atoms with Gasteiger partial charge in [0, 0.05) is 11.5 Å². The summed E-state index contributed by atoms with van der Waals surface area (Å²) in [6, 6.07) is 8.21. The molecule has 0 bridgehead atoms. The van der Waals surface area contributed by atoms with Gasteiger partial charge in [-0.05, 0) is 43.5 Å². The van der Waals surface area contributed by atoms with E-state index in [2.05, 4.69) is 22.3 Å². The SMILES string of the molecule is NCCc1ccc(-c2nc(C3CCCCC3)no2)cc1. The van der Waals surface area contributed by atoms with Crippen molar-refractivity contribution in [3.8, 4) is 11.5 Å². The molecule has 106 valence electrons. The normalized spacial score (nSPS) is 16.4. The summed E-state index contributed by atoms with van der Waals surface area (Å²) in [5.41, 5.74) is 7.78. The standard InChI is InChI=1S/C16H21N3O/c17-11-10-12-6-8-14(9-7-12)16-18-15(19-20-16)13-4-2-1-3-5-13/h6-9,13H,1-5,10-11,17H2. The number of nitrogens with zero attached hydrogens (tertiary/aromatic N) is 2. The lowest BCUT2D eigenvalue weighted by molar-refractivity contribution is 0.385. The lowest BCUT2D eigenvalue weighted by Crippen LogP contribution is -2.06. The molecule has 20 heavy (non-hydrogen) atoms. The van der Waals surface area contributed by atoms with Gasteiger partial charge in [0.1, 0.15) is 0 Å². The number of hydrogen-bond acceptors (Lipinski definition) is 4. The number of benzene rings is 1. The summed E-state index contributed by atoms with van der Waals surface area (Å²) in [4.78, 5) is 4.58. The van der Waals surface area contributed by atoms with Gasteiger partial charge in [0.05, 0.1) is 0 Å². The third-order valence-electron chi connectivity index (χ3n) is 4.05. The molecule has 1 fully saturated rings. The predicted octanol–water partition coefficient (Wildman–Crippen LogP) is 3.29. The summed E-state index contributed by atoms with van der Waals surface area (Å²) in [7, 11) is 0. The van der Waals surface area contributed by atoms with Crippen molar-refractivity contribution in [1.29, 1.82) is 0 Å². The molecule has 1 aromatic carbocycles. The van der Waals surface area contributed by atoms with Gasteiger partial charge >= 0.3 is 0 Å². The summed E-state index contributed by atoms with van der Waals surface area (Å²) < 4.78 is 5.42. The molecule has 0 atom stereocenters. The molecule has 2 N–H and O–H groups in total. The van der Waals surface area contributed by atoms with Crippen molar-refractivity contribution in [2.24, 2.45) is 5.73 Å². The maximum Gasteiger partial charge on any atom is 0.257 e. The van der Waals surface area contributed by atoms with Gasteiger partial charge in [0.2, 0.25) is 0 Å². The van der Waals surface area contributed by atoms with Crippen molar-refractivity contribution in [2.45, 2.75) is 44.4 Å². The fraction of sp³-hybridized carbons (Fsp3) is 0.500. The Labute approximate surface area is 119 Å². The maximum atomic E-state index is 5.55. The molecule has 0 unspecified atom stereocenters. The second-order valence-electron chi connectivity index (χ2n) is 5.53. The topological polar surface area (TPSA) is 64.9 Å². The fourth-order valence-corrected chi connectivity index (χ4v) is 2.86. The first-order chi connectivity index (χ1) is 9.86. The van der Waals surface area contributed by atoms with Gasteiger partial charge in [-0.3, -0.25) is 0 Å². The van der Waals surface area contributed by atoms with Crippen molar-refractivity contribution in [2.75, 3.05) is 6.54 Å². The van der Waals surface area contributed by atoms with Crippen molar-refractivity contribution >= 4 is 0 Å². The first-order valence-corrected chi connectivity index (χ1v) is 7.50. The number of rotatable bonds is 4. The van der Waals surface area contributed by atoms with Gasteiger partial charge in [-0.1, -0.05) is 36.6 Å². The van der Waals surface area contributed by atoms with E-state index in [-0.39, 0.29) is 0 Å². The third-order valence-corrected chi connectivity index (χ3v) is 4.05. The number of aromatic nitrogens is 2. The molecule has 1 aliphatic carbocycles. The first kappa shape index (κ1) is 13.3. The molecule has 0 spiro atoms. The van der Waals surface area contributed by atoms with E-state index in [4.69, 9.17) is 10.3 Å². The van der Waals surface area contributed by atoms with Gasteiger partial charge in [-0.2, -0.15) is 4.98 Å². The molecule has 1 saturated carbocycles. The summed E-state index contributed by atoms with van der Waals surface area (Å²) in [5, 5.41) is 4.17. The summed E-state index contributed by atoms with van der Waals surface area (Å²) in [5.74, 6) is 1.99. The van der Waals surface area contributed by atoms with E-state index in [9.17, 15) is 0 Å². The zero-order valence-electron chi connectivity index (χ0n) is 11.7. The molecular formula is C16H21N3O. The first-order valence-electron chi connectivity index (χ1n) is 7.50. The zero-order chi connectivity index (χ0) is 13.8. The van der Waals surface area contributed by atoms with Gasteiger partial charge in [-0.25, -0.2) is 0 Å². The Balaban J connectivity index is 1.75. The van der Waals surface area contributed by atoms with Gasteiger partial charge < -0.3 is 10.3 Å². The Morgan fingerprint density at radius 1 is 1.10 bits per heavy atom. The fourth-order valence-electron chi connectivity index (χ4n) is 2.86. The highest BCUT2D eigenvalue weighted by molar-refractivity contribution is 5.53. The Bertz CT molecular complexity index is 541. The minimum Gasteiger partial charge on any atom is -0.334 e. The van der Waals surface area contributed by atoms with Crippen molar-refractivity contribution in [1.82, 2.24) is 10.1 Å². The largest absolute Gasteiger partial charge is 0.334 e. The van der Waals surface area contributed by atoms with Crippen LogP contribution in [0.3, 0.4) is 0 Å². The quantitative estimate of drug-likeness (QED) is 0.926. The second-order valence-corrected chi connectivity index (χ2v) is 5.53. The van der Waals surface area contributed by atoms with E-state index in [0.29, 0.717) is 18.4 Å². The van der Waals surface area contributed by atoms with E-state index in [1.165, 1.54) is 37.7 Å². The molecule has 0 aliphatic heterocycles. The van der Waals surface area contributed by atoms with Crippen LogP contribution in [0.4, 0.5) is 0 Å². The number of hydrogen-bond donors (Lipinski definition) is 1. The molecule has 0 saturated heterocycles. The van der Waals surface area contributed by atoms with Crippen LogP contribution < -0.4 is 5.73 Å². The lowest BCUT2D eigenvalue weighted by atomic mass is 9.89. The van der Waals surface area contributed by atoms with E-state index in [1.807, 2.05) is 12.1 Å². The van der Waals surface area contributed by atoms with Crippen LogP contribution in [0, 0.1) is 0 Å². The third kappa shape index (κ3) is 2.90. The van der Waals surface area contributed by atoms with Crippen LogP contribution in [0.1, 0.15) is 49.4 Å². The Morgan fingerprint density at radius 2 is 1.85 bits per heavy atom. The summed E-state index contributed by atoms with van der Waals surface area (Å²) in [6.07, 6.45) is 7.18. The average molecular weight is 271 g/mol. The van der Waals surface area contributed by atoms with Crippen LogP contribution in [0.5, 0.6) is 0 Å². The van der Waals surface area contributed by atoms with Gasteiger partial charge in [0.25, 0.3) is 5.89 Å². The van der Waals surface area contributed by atoms with Crippen molar-refractivity contribution in [3.63, 3.8) is 0 Å². The highest BCUT2D eigenvalue weighted by Crippen LogP contribution is 2.32. The van der Waals surface area contributed by atoms with Crippen LogP contribution in [0.2, 0.25) is 0 Å². The Morgan fingerprint density at radius 3 is 2.55 bits per heavy atom. The molecule has 1 aromatic heterocycles. The molecule has 1 heterocycles. The van der Waals surface area contributed by atoms with E-state index >= 15 is 0 Å². The van der Waals surface area contributed by atoms with E-state index < -0.39 is 0 Å². The van der Waals surface area contributed by atoms with Gasteiger partial charge in [0.15, 0.2) is 5.82 Å². The Hall–Kier alpha value is -1.68. The summed E-state index contributed by atoms with van der Waals surface area (Å²) in [6.45, 7) is 0.672. The molecule has 4 heteroatoms. The monoisotopic (exact) mass is 271 g/mol. The van der Waals surface area contributed by atoms with E-state index in [0.717, 1.165) is 17.8 Å². The van der Waals surface area contributed by atoms with Crippen LogP contribution in [0.15, 0.2) is 28.8 Å². The molecule has 1 aliphatic rings. The van der Waals surface area contributed by atoms with Gasteiger partial charge in [-0.15, -0.1) is 0 Å². The molecule has 2 aromatic rings. The van der Waals surface area contributed by atoms with Crippen LogP contribution in [0.25, 0.3) is 11.5 Å². The lowest BCUT2D eigenvalue weighted by Gasteiger charge is -2.17. The van der Waals surface area contributed by atoms with E-state index in [1.54, 1.807) is 0 Å². The Kier molecular flexibility index (Phi) is 4.11. The predicted molar refractivity (Wildman–Crippen MR) is 78.3 cm³/mol. The number of nitrogens with two attached hydrogens (primary N) is 1. The average Bonchev–Trinajstić information content (AvgIpc) is 2.99. The van der Waals surface area contributed by atoms with Crippen LogP contribution in [-0.4, -0.2) is 16.7 Å². The second kappa shape index (κ2) is 6.18. The summed E-state index contributed by atoms with van der Waals surface area (Å²) >= 11 is 0. The molecule has 4 nitrogen and oxygen atoms in total. The minimum absolute atomic E-state index is 0.484. The smallest absolute Gasteiger partial charge is 0.257 e. The zero-order valence-corrected chi connectivity index (χ0v) is 11.7. The van der Waals surface area contributed by atoms with Crippen molar-refractivity contribution < 1.29 is 4.52 Å². The molecular weight excluding hydrogens is 250 g/mol. The van der Waals surface area contributed by atoms with Crippen LogP contribution >= 0.6 is 0 Å². The van der Waals surface area contributed by atoms with Crippen LogP contribution in [-0.2, 0) is 6.42 Å². The minimum atomic E-state index is 0.484. The maximum absolute atomic E-state index is 5.55. The highest BCUT2D eigenvalue weighted by Gasteiger charge is 2.21. The molecule has 3 rings (SSSR count). The molecule has 0 amide bonds. The molecule has 0 radical (unpaired) electrons. The van der Waals surface area contributed by atoms with Crippen molar-refractivity contribution in [3.05, 3.63) is 35.7 Å². The highest BCUT2D eigenvalue weighted by atomic mass is 16.5.